The van der Waals surface area contributed by atoms with Crippen LogP contribution in [0.25, 0.3) is 20.7 Å². The highest BCUT2D eigenvalue weighted by Crippen LogP contribution is 2.47. The number of carbonyl (C=O) groups excluding carboxylic acids is 5. The van der Waals surface area contributed by atoms with Crippen LogP contribution in [0, 0.1) is 41.3 Å². The molecule has 21 heteroatoms. The van der Waals surface area contributed by atoms with E-state index in [1.807, 2.05) is 107 Å². The third kappa shape index (κ3) is 14.9. The first-order chi connectivity index (χ1) is 43.3. The van der Waals surface area contributed by atoms with Crippen LogP contribution in [0.4, 0.5) is 14.7 Å². The molecule has 3 aliphatic heterocycles. The molecule has 11 rings (SSSR count). The summed E-state index contributed by atoms with van der Waals surface area (Å²) in [5.74, 6) is 4.56. The van der Waals surface area contributed by atoms with E-state index < -0.39 is 35.4 Å². The number of halogens is 1. The molecule has 1 aliphatic carbocycles. The van der Waals surface area contributed by atoms with Crippen LogP contribution in [-0.4, -0.2) is 124 Å². The summed E-state index contributed by atoms with van der Waals surface area (Å²) in [6, 6.07) is 24.2. The topological polar surface area (TPSA) is 209 Å². The molecule has 4 aliphatic rings. The van der Waals surface area contributed by atoms with Gasteiger partial charge in [0.05, 0.1) is 58.7 Å². The number of piperidine rings is 1. The Hall–Kier alpha value is -7.61. The van der Waals surface area contributed by atoms with E-state index in [2.05, 4.69) is 47.6 Å². The van der Waals surface area contributed by atoms with Crippen LogP contribution < -0.4 is 25.6 Å². The SMILES string of the molecule is COC(=O)c1nc(N2CCc3cccc(C(=O)Nc4nc5ccccc5s4)c3C2)sc1CCCOc1ccc(C#CCN2CCC3(CCC(CC(=O)N[C@H](C(=O)N4C[C@H](O)C[C@H]4C(=O)N[C@@H](C)c4ccc(-c5scnc5C)cc4)C(C)(C)C)CC3)CC2)cc1F. The number of hydrogen-bond acceptors (Lipinski definition) is 16. The first-order valence-electron chi connectivity index (χ1n) is 31.1. The average Bonchev–Trinajstić information content (AvgIpc) is 1.46. The third-order valence-electron chi connectivity index (χ3n) is 18.3. The number of ether oxygens (including phenoxy) is 2. The van der Waals surface area contributed by atoms with Gasteiger partial charge < -0.3 is 35.0 Å². The van der Waals surface area contributed by atoms with Crippen LogP contribution in [0.1, 0.15) is 145 Å². The summed E-state index contributed by atoms with van der Waals surface area (Å²) in [7, 11) is 1.33. The Kier molecular flexibility index (Phi) is 19.8. The zero-order valence-electron chi connectivity index (χ0n) is 51.9. The molecule has 0 radical (unpaired) electrons. The second-order valence-corrected chi connectivity index (χ2v) is 28.5. The fraction of sp³-hybridized carbons (Fsp3) is 0.449. The zero-order valence-corrected chi connectivity index (χ0v) is 54.3. The van der Waals surface area contributed by atoms with Crippen molar-refractivity contribution < 1.29 is 42.9 Å². The standard InChI is InChI=1S/C69H78FN9O8S3/c1-42(46-19-21-48(22-20-46)60-43(2)71-41-88-60)72-63(83)54-38-49(80)39-79(54)64(84)61(68(3,4)5)74-58(81)37-45-24-27-69(28-25-45)29-33-77(34-30-69)31-10-12-44-18-23-55(52(70)36-44)87-35-11-17-57-59(65(85)86-6)75-67(90-57)78-32-26-47-13-9-14-50(51(47)40-78)62(82)76-66-73-53-15-7-8-16-56(53)89-66/h7-9,13-16,18-23,36,41-42,45,49,54,61,80H,11,17,24-35,37-40H2,1-6H3,(H,72,83)(H,74,81)(H,73,76,82)/t42-,49+,54-,61+/m0/s1. The number of para-hydroxylation sites is 1. The third-order valence-corrected chi connectivity index (χ3v) is 21.4. The number of rotatable bonds is 18. The van der Waals surface area contributed by atoms with E-state index in [9.17, 15) is 29.1 Å². The fourth-order valence-corrected chi connectivity index (χ4v) is 15.8. The number of aliphatic hydroxyl groups is 1. The van der Waals surface area contributed by atoms with Crippen LogP contribution in [0.15, 0.2) is 90.4 Å². The van der Waals surface area contributed by atoms with Crippen molar-refractivity contribution in [3.63, 3.8) is 0 Å². The second kappa shape index (κ2) is 27.9. The molecule has 3 aromatic heterocycles. The molecule has 4 amide bonds. The number of thiazole rings is 3. The van der Waals surface area contributed by atoms with Gasteiger partial charge in [0.1, 0.15) is 12.1 Å². The number of fused-ring (bicyclic) bond motifs is 2. The van der Waals surface area contributed by atoms with Gasteiger partial charge >= 0.3 is 5.97 Å². The van der Waals surface area contributed by atoms with Gasteiger partial charge in [-0.25, -0.2) is 24.1 Å². The number of aliphatic hydroxyl groups excluding tert-OH is 1. The summed E-state index contributed by atoms with van der Waals surface area (Å²) >= 11 is 4.42. The first kappa shape index (κ1) is 63.9. The number of carbonyl (C=O) groups is 5. The van der Waals surface area contributed by atoms with Gasteiger partial charge in [0.15, 0.2) is 27.5 Å². The lowest BCUT2D eigenvalue weighted by molar-refractivity contribution is -0.144. The lowest BCUT2D eigenvalue weighted by Gasteiger charge is -2.45. The van der Waals surface area contributed by atoms with Crippen molar-refractivity contribution in [2.45, 2.75) is 136 Å². The van der Waals surface area contributed by atoms with E-state index in [0.29, 0.717) is 66.7 Å². The molecule has 0 unspecified atom stereocenters. The number of aromatic nitrogens is 3. The molecule has 6 heterocycles. The molecule has 4 N–H and O–H groups in total. The van der Waals surface area contributed by atoms with Crippen LogP contribution in [0.5, 0.6) is 5.75 Å². The number of anilines is 2. The molecule has 2 saturated heterocycles. The van der Waals surface area contributed by atoms with Crippen molar-refractivity contribution in [2.75, 3.05) is 56.7 Å². The van der Waals surface area contributed by atoms with Gasteiger partial charge in [-0.2, -0.15) is 0 Å². The van der Waals surface area contributed by atoms with Gasteiger partial charge in [0.25, 0.3) is 5.91 Å². The number of esters is 1. The van der Waals surface area contributed by atoms with Crippen molar-refractivity contribution in [3.05, 3.63) is 140 Å². The normalized spacial score (nSPS) is 18.3. The smallest absolute Gasteiger partial charge is 0.357 e. The molecular weight excluding hydrogens is 1200 g/mol. The highest BCUT2D eigenvalue weighted by molar-refractivity contribution is 7.22. The quantitative estimate of drug-likeness (QED) is 0.0359. The fourth-order valence-electron chi connectivity index (χ4n) is 13.0. The number of nitrogens with zero attached hydrogens (tertiary/aromatic N) is 6. The molecular formula is C69H78FN9O8S3. The van der Waals surface area contributed by atoms with Crippen LogP contribution in [0.3, 0.4) is 0 Å². The molecule has 90 heavy (non-hydrogen) atoms. The molecule has 4 aromatic carbocycles. The Bertz CT molecular complexity index is 3800. The minimum absolute atomic E-state index is 0.0126. The first-order valence-corrected chi connectivity index (χ1v) is 33.6. The molecule has 1 spiro atoms. The van der Waals surface area contributed by atoms with Crippen LogP contribution in [0.2, 0.25) is 0 Å². The predicted octanol–water partition coefficient (Wildman–Crippen LogP) is 11.3. The Morgan fingerprint density at radius 3 is 2.42 bits per heavy atom. The van der Waals surface area contributed by atoms with E-state index in [1.54, 1.807) is 23.5 Å². The molecule has 1 saturated carbocycles. The molecule has 0 bridgehead atoms. The van der Waals surface area contributed by atoms with E-state index >= 15 is 4.39 Å². The summed E-state index contributed by atoms with van der Waals surface area (Å²) in [6.07, 6.45) is 7.22. The summed E-state index contributed by atoms with van der Waals surface area (Å²) in [5.41, 5.74) is 8.50. The van der Waals surface area contributed by atoms with Crippen LogP contribution >= 0.6 is 34.0 Å². The van der Waals surface area contributed by atoms with Crippen molar-refractivity contribution >= 4 is 84.1 Å². The number of hydrogen-bond donors (Lipinski definition) is 4. The lowest BCUT2D eigenvalue weighted by atomic mass is 9.65. The van der Waals surface area contributed by atoms with Gasteiger partial charge in [-0.05, 0) is 160 Å². The van der Waals surface area contributed by atoms with E-state index in [-0.39, 0.29) is 72.0 Å². The molecule has 17 nitrogen and oxygen atoms in total. The number of β-amino-alcohol motifs (C(OH)–C–C–N with tert-alkyl or cyclic N) is 1. The number of benzene rings is 4. The number of amides is 4. The Morgan fingerprint density at radius 2 is 1.70 bits per heavy atom. The lowest BCUT2D eigenvalue weighted by Crippen LogP contribution is -2.58. The number of aryl methyl sites for hydroxylation is 2. The average molecular weight is 1280 g/mol. The van der Waals surface area contributed by atoms with Crippen molar-refractivity contribution in [1.82, 2.24) is 35.4 Å². The van der Waals surface area contributed by atoms with Crippen molar-refractivity contribution in [2.24, 2.45) is 16.7 Å². The maximum Gasteiger partial charge on any atom is 0.357 e. The van der Waals surface area contributed by atoms with Crippen molar-refractivity contribution in [1.29, 1.82) is 0 Å². The molecule has 3 fully saturated rings. The molecule has 4 atom stereocenters. The Labute approximate surface area is 537 Å². The van der Waals surface area contributed by atoms with Crippen molar-refractivity contribution in [3.8, 4) is 28.0 Å². The van der Waals surface area contributed by atoms with Gasteiger partial charge in [-0.3, -0.25) is 29.4 Å². The summed E-state index contributed by atoms with van der Waals surface area (Å²) in [4.78, 5) is 90.1. The number of nitrogens with one attached hydrogen (secondary N) is 3. The highest BCUT2D eigenvalue weighted by Gasteiger charge is 2.45. The molecule has 472 valence electrons. The van der Waals surface area contributed by atoms with E-state index in [0.717, 1.165) is 99.5 Å². The minimum Gasteiger partial charge on any atom is -0.491 e. The summed E-state index contributed by atoms with van der Waals surface area (Å²) in [5, 5.41) is 21.1. The Morgan fingerprint density at radius 1 is 0.922 bits per heavy atom. The van der Waals surface area contributed by atoms with E-state index in [4.69, 9.17) is 14.5 Å². The summed E-state index contributed by atoms with van der Waals surface area (Å²) < 4.78 is 27.5. The maximum atomic E-state index is 15.4. The summed E-state index contributed by atoms with van der Waals surface area (Å²) in [6.45, 7) is 13.3. The largest absolute Gasteiger partial charge is 0.491 e. The van der Waals surface area contributed by atoms with Gasteiger partial charge in [-0.15, -0.1) is 22.7 Å². The maximum absolute atomic E-state index is 15.4. The second-order valence-electron chi connectivity index (χ2n) is 25.5. The zero-order chi connectivity index (χ0) is 63.3. The highest BCUT2D eigenvalue weighted by atomic mass is 32.1. The minimum atomic E-state index is -0.885. The number of methoxy groups -OCH3 is 1. The molecule has 7 aromatic rings. The monoisotopic (exact) mass is 1280 g/mol. The van der Waals surface area contributed by atoms with Crippen LogP contribution in [-0.2, 0) is 38.5 Å². The Balaban J connectivity index is 0.606. The van der Waals surface area contributed by atoms with Gasteiger partial charge in [0, 0.05) is 48.5 Å². The van der Waals surface area contributed by atoms with E-state index in [1.165, 1.54) is 40.7 Å². The number of likely N-dealkylation sites (tertiary alicyclic amines) is 2. The van der Waals surface area contributed by atoms with Gasteiger partial charge in [-0.1, -0.05) is 92.5 Å². The predicted molar refractivity (Wildman–Crippen MR) is 350 cm³/mol. The van der Waals surface area contributed by atoms with Gasteiger partial charge in [0.2, 0.25) is 17.7 Å².